The van der Waals surface area contributed by atoms with Gasteiger partial charge in [0.25, 0.3) is 11.7 Å². The van der Waals surface area contributed by atoms with E-state index < -0.39 is 10.5 Å². The molecule has 2 aromatic rings. The Morgan fingerprint density at radius 1 is 1.21 bits per heavy atom. The number of unbranched alkanes of at least 4 members (excludes halogenated alkanes) is 1. The predicted molar refractivity (Wildman–Crippen MR) is 104 cm³/mol. The molecule has 9 heteroatoms. The highest BCUT2D eigenvalue weighted by Crippen LogP contribution is 2.37. The number of ether oxygens (including phenoxy) is 2. The van der Waals surface area contributed by atoms with E-state index in [0.29, 0.717) is 36.8 Å². The fourth-order valence-corrected chi connectivity index (χ4v) is 2.97. The molecule has 0 bridgehead atoms. The van der Waals surface area contributed by atoms with E-state index in [0.717, 1.165) is 5.75 Å². The molecule has 3 rings (SSSR count). The lowest BCUT2D eigenvalue weighted by Gasteiger charge is -2.35. The quantitative estimate of drug-likeness (QED) is 0.392. The van der Waals surface area contributed by atoms with Crippen LogP contribution >= 0.6 is 11.6 Å². The second kappa shape index (κ2) is 8.02. The molecule has 0 saturated carbocycles. The molecule has 28 heavy (non-hydrogen) atoms. The first-order chi connectivity index (χ1) is 13.3. The molecule has 8 nitrogen and oxygen atoms in total. The van der Waals surface area contributed by atoms with Gasteiger partial charge in [0.1, 0.15) is 5.75 Å². The van der Waals surface area contributed by atoms with Crippen LogP contribution in [0.25, 0.3) is 0 Å². The normalized spacial score (nSPS) is 15.0. The third-order valence-electron chi connectivity index (χ3n) is 4.25. The summed E-state index contributed by atoms with van der Waals surface area (Å²) in [5.74, 6) is 0.637. The number of pyridine rings is 1. The third-order valence-corrected chi connectivity index (χ3v) is 4.50. The fraction of sp³-hybridized carbons (Fsp3) is 0.368. The Morgan fingerprint density at radius 3 is 2.61 bits per heavy atom. The number of carbonyl (C=O) groups excluding carboxylic acids is 1. The molecule has 1 aliphatic rings. The van der Waals surface area contributed by atoms with E-state index >= 15 is 0 Å². The van der Waals surface area contributed by atoms with Crippen molar-refractivity contribution in [3.8, 4) is 11.5 Å². The average Bonchev–Trinajstić information content (AvgIpc) is 2.65. The van der Waals surface area contributed by atoms with Gasteiger partial charge < -0.3 is 19.6 Å². The second-order valence-electron chi connectivity index (χ2n) is 6.83. The minimum Gasteiger partial charge on any atom is -0.494 e. The summed E-state index contributed by atoms with van der Waals surface area (Å²) in [5.41, 5.74) is -1.06. The number of aromatic nitrogens is 1. The Kier molecular flexibility index (Phi) is 5.69. The highest BCUT2D eigenvalue weighted by Gasteiger charge is 2.44. The van der Waals surface area contributed by atoms with E-state index in [1.807, 2.05) is 0 Å². The number of benzene rings is 1. The van der Waals surface area contributed by atoms with Gasteiger partial charge in [0.05, 0.1) is 6.61 Å². The van der Waals surface area contributed by atoms with E-state index in [2.05, 4.69) is 4.98 Å². The van der Waals surface area contributed by atoms with Gasteiger partial charge in [0.2, 0.25) is 0 Å². The Balaban J connectivity index is 1.65. The maximum Gasteiger partial charge on any atom is 0.366 e. The number of carbonyl (C=O) groups is 1. The Hall–Kier alpha value is -2.87. The van der Waals surface area contributed by atoms with Gasteiger partial charge in [-0.3, -0.25) is 9.69 Å². The number of nitro groups is 1. The van der Waals surface area contributed by atoms with E-state index in [9.17, 15) is 14.9 Å². The van der Waals surface area contributed by atoms with Crippen molar-refractivity contribution in [1.29, 1.82) is 0 Å². The topological polar surface area (TPSA) is 94.8 Å². The van der Waals surface area contributed by atoms with Crippen LogP contribution in [0.15, 0.2) is 36.4 Å². The molecule has 0 saturated heterocycles. The number of amides is 1. The predicted octanol–water partition coefficient (Wildman–Crippen LogP) is 4.01. The van der Waals surface area contributed by atoms with Crippen LogP contribution in [0, 0.1) is 10.1 Å². The molecule has 2 heterocycles. The van der Waals surface area contributed by atoms with Gasteiger partial charge in [0.15, 0.2) is 11.4 Å². The summed E-state index contributed by atoms with van der Waals surface area (Å²) in [5, 5.41) is 11.7. The zero-order valence-corrected chi connectivity index (χ0v) is 16.3. The molecule has 0 N–H and O–H groups in total. The summed E-state index contributed by atoms with van der Waals surface area (Å²) in [6, 6.07) is 9.82. The van der Waals surface area contributed by atoms with Crippen molar-refractivity contribution in [2.75, 3.05) is 18.1 Å². The summed E-state index contributed by atoms with van der Waals surface area (Å²) < 4.78 is 11.3. The SMILES string of the molecule is CC1(C)Oc2ccc([N+](=O)[O-])nc2N(CCCCOc2ccc(Cl)cc2)C1=O. The smallest absolute Gasteiger partial charge is 0.366 e. The Labute approximate surface area is 167 Å². The van der Waals surface area contributed by atoms with Crippen molar-refractivity contribution in [3.05, 3.63) is 51.5 Å². The van der Waals surface area contributed by atoms with Crippen LogP contribution < -0.4 is 14.4 Å². The van der Waals surface area contributed by atoms with E-state index in [-0.39, 0.29) is 17.5 Å². The molecule has 1 aliphatic heterocycles. The molecule has 1 aromatic heterocycles. The van der Waals surface area contributed by atoms with Crippen LogP contribution in [0.4, 0.5) is 11.6 Å². The average molecular weight is 406 g/mol. The van der Waals surface area contributed by atoms with E-state index in [1.165, 1.54) is 17.0 Å². The third kappa shape index (κ3) is 4.33. The molecule has 0 aliphatic carbocycles. The summed E-state index contributed by atoms with van der Waals surface area (Å²) in [4.78, 5) is 28.6. The van der Waals surface area contributed by atoms with Crippen LogP contribution in [-0.4, -0.2) is 34.6 Å². The Bertz CT molecular complexity index is 886. The van der Waals surface area contributed by atoms with Gasteiger partial charge in [0, 0.05) is 17.6 Å². The van der Waals surface area contributed by atoms with Crippen LogP contribution in [0.5, 0.6) is 11.5 Å². The van der Waals surface area contributed by atoms with Crippen molar-refractivity contribution < 1.29 is 19.2 Å². The van der Waals surface area contributed by atoms with Crippen LogP contribution in [0.2, 0.25) is 5.02 Å². The van der Waals surface area contributed by atoms with Gasteiger partial charge >= 0.3 is 5.82 Å². The minimum atomic E-state index is -1.06. The number of fused-ring (bicyclic) bond motifs is 1. The molecule has 0 radical (unpaired) electrons. The highest BCUT2D eigenvalue weighted by molar-refractivity contribution is 6.30. The van der Waals surface area contributed by atoms with Gasteiger partial charge in [-0.25, -0.2) is 0 Å². The van der Waals surface area contributed by atoms with Crippen molar-refractivity contribution >= 4 is 29.1 Å². The molecular weight excluding hydrogens is 386 g/mol. The van der Waals surface area contributed by atoms with Gasteiger partial charge in [-0.2, -0.15) is 0 Å². The van der Waals surface area contributed by atoms with Crippen LogP contribution in [-0.2, 0) is 4.79 Å². The van der Waals surface area contributed by atoms with Crippen molar-refractivity contribution in [2.45, 2.75) is 32.3 Å². The second-order valence-corrected chi connectivity index (χ2v) is 7.26. The lowest BCUT2D eigenvalue weighted by molar-refractivity contribution is -0.389. The number of anilines is 1. The molecule has 1 aromatic carbocycles. The number of hydrogen-bond donors (Lipinski definition) is 0. The molecule has 0 spiro atoms. The molecule has 0 fully saturated rings. The maximum atomic E-state index is 12.8. The summed E-state index contributed by atoms with van der Waals surface area (Å²) in [6.45, 7) is 4.15. The Morgan fingerprint density at radius 2 is 1.93 bits per heavy atom. The molecule has 0 atom stereocenters. The van der Waals surface area contributed by atoms with Crippen LogP contribution in [0.1, 0.15) is 26.7 Å². The first kappa shape index (κ1) is 19.9. The standard InChI is InChI=1S/C19H20ClN3O5/c1-19(2)18(24)22(17-15(28-19)9-10-16(21-17)23(25)26)11-3-4-12-27-14-7-5-13(20)6-8-14/h5-10H,3-4,11-12H2,1-2H3. The number of hydrogen-bond acceptors (Lipinski definition) is 6. The van der Waals surface area contributed by atoms with Crippen LogP contribution in [0.3, 0.4) is 0 Å². The van der Waals surface area contributed by atoms with Gasteiger partial charge in [-0.15, -0.1) is 0 Å². The monoisotopic (exact) mass is 405 g/mol. The number of nitrogens with zero attached hydrogens (tertiary/aromatic N) is 3. The summed E-state index contributed by atoms with van der Waals surface area (Å²) >= 11 is 5.84. The highest BCUT2D eigenvalue weighted by atomic mass is 35.5. The summed E-state index contributed by atoms with van der Waals surface area (Å²) in [6.07, 6.45) is 1.33. The van der Waals surface area contributed by atoms with Crippen molar-refractivity contribution in [1.82, 2.24) is 4.98 Å². The number of rotatable bonds is 7. The lowest BCUT2D eigenvalue weighted by atomic mass is 10.0. The number of halogens is 1. The maximum absolute atomic E-state index is 12.8. The van der Waals surface area contributed by atoms with Gasteiger partial charge in [-0.05, 0) is 66.9 Å². The largest absolute Gasteiger partial charge is 0.494 e. The zero-order chi connectivity index (χ0) is 20.3. The first-order valence-corrected chi connectivity index (χ1v) is 9.20. The zero-order valence-electron chi connectivity index (χ0n) is 15.6. The molecular formula is C19H20ClN3O5. The van der Waals surface area contributed by atoms with Gasteiger partial charge in [-0.1, -0.05) is 11.6 Å². The molecule has 0 unspecified atom stereocenters. The minimum absolute atomic E-state index is 0.178. The first-order valence-electron chi connectivity index (χ1n) is 8.83. The molecule has 148 valence electrons. The van der Waals surface area contributed by atoms with E-state index in [4.69, 9.17) is 21.1 Å². The lowest BCUT2D eigenvalue weighted by Crippen LogP contribution is -2.53. The van der Waals surface area contributed by atoms with Crippen molar-refractivity contribution in [2.24, 2.45) is 0 Å². The van der Waals surface area contributed by atoms with E-state index in [1.54, 1.807) is 38.1 Å². The summed E-state index contributed by atoms with van der Waals surface area (Å²) in [7, 11) is 0. The molecule has 1 amide bonds. The van der Waals surface area contributed by atoms with Crippen molar-refractivity contribution in [3.63, 3.8) is 0 Å². The fourth-order valence-electron chi connectivity index (χ4n) is 2.84.